The molecule has 0 saturated carbocycles. The van der Waals surface area contributed by atoms with E-state index in [2.05, 4.69) is 31.2 Å². The number of anilines is 2. The molecule has 1 aromatic heterocycles. The van der Waals surface area contributed by atoms with Gasteiger partial charge in [0.1, 0.15) is 6.33 Å². The number of halogens is 2. The lowest BCUT2D eigenvalue weighted by atomic mass is 10.1. The first-order chi connectivity index (χ1) is 9.52. The molecular weight excluding hydrogens is 348 g/mol. The zero-order chi connectivity index (χ0) is 14.7. The number of rotatable bonds is 4. The van der Waals surface area contributed by atoms with Crippen molar-refractivity contribution < 1.29 is 4.92 Å². The lowest BCUT2D eigenvalue weighted by Crippen LogP contribution is -2.03. The van der Waals surface area contributed by atoms with E-state index in [4.69, 9.17) is 11.6 Å². The summed E-state index contributed by atoms with van der Waals surface area (Å²) in [4.78, 5) is 18.0. The maximum absolute atomic E-state index is 11.0. The van der Waals surface area contributed by atoms with Crippen LogP contribution >= 0.6 is 27.5 Å². The van der Waals surface area contributed by atoms with Crippen molar-refractivity contribution in [2.45, 2.75) is 13.3 Å². The molecule has 0 spiro atoms. The van der Waals surface area contributed by atoms with Gasteiger partial charge in [-0.2, -0.15) is 0 Å². The Balaban J connectivity index is 2.45. The molecule has 2 aromatic rings. The molecule has 2 rings (SSSR count). The Labute approximate surface area is 128 Å². The van der Waals surface area contributed by atoms with Crippen LogP contribution in [-0.2, 0) is 6.42 Å². The maximum atomic E-state index is 11.0. The van der Waals surface area contributed by atoms with Crippen LogP contribution in [0.3, 0.4) is 0 Å². The highest BCUT2D eigenvalue weighted by molar-refractivity contribution is 9.10. The second-order valence-electron chi connectivity index (χ2n) is 3.90. The SMILES string of the molecule is CCc1cc(Br)ccc1Nc1ncnc(Cl)c1[N+](=O)[O-]. The Morgan fingerprint density at radius 2 is 2.20 bits per heavy atom. The fourth-order valence-electron chi connectivity index (χ4n) is 1.71. The molecule has 0 bridgehead atoms. The van der Waals surface area contributed by atoms with Gasteiger partial charge in [0.2, 0.25) is 11.0 Å². The molecule has 8 heteroatoms. The molecule has 0 fully saturated rings. The summed E-state index contributed by atoms with van der Waals surface area (Å²) in [6.45, 7) is 1.99. The minimum atomic E-state index is -0.602. The van der Waals surface area contributed by atoms with E-state index < -0.39 is 4.92 Å². The third kappa shape index (κ3) is 3.05. The molecule has 6 nitrogen and oxygen atoms in total. The van der Waals surface area contributed by atoms with E-state index in [-0.39, 0.29) is 16.7 Å². The Kier molecular flexibility index (Phi) is 4.51. The second kappa shape index (κ2) is 6.15. The monoisotopic (exact) mass is 356 g/mol. The van der Waals surface area contributed by atoms with E-state index in [1.54, 1.807) is 0 Å². The molecular formula is C12H10BrClN4O2. The molecule has 0 aliphatic carbocycles. The molecule has 1 heterocycles. The fraction of sp³-hybridized carbons (Fsp3) is 0.167. The van der Waals surface area contributed by atoms with Crippen LogP contribution in [-0.4, -0.2) is 14.9 Å². The van der Waals surface area contributed by atoms with Crippen molar-refractivity contribution in [3.05, 3.63) is 49.8 Å². The molecule has 0 amide bonds. The number of nitro groups is 1. The predicted octanol–water partition coefficient (Wildman–Crippen LogP) is 4.11. The number of benzene rings is 1. The molecule has 0 radical (unpaired) electrons. The van der Waals surface area contributed by atoms with Crippen LogP contribution in [0.5, 0.6) is 0 Å². The summed E-state index contributed by atoms with van der Waals surface area (Å²) in [6.07, 6.45) is 1.95. The topological polar surface area (TPSA) is 81.0 Å². The minimum Gasteiger partial charge on any atom is -0.334 e. The summed E-state index contributed by atoms with van der Waals surface area (Å²) in [5.41, 5.74) is 1.41. The van der Waals surface area contributed by atoms with E-state index >= 15 is 0 Å². The molecule has 104 valence electrons. The van der Waals surface area contributed by atoms with Gasteiger partial charge in [-0.3, -0.25) is 10.1 Å². The number of aromatic nitrogens is 2. The summed E-state index contributed by atoms with van der Waals surface area (Å²) < 4.78 is 0.940. The van der Waals surface area contributed by atoms with Crippen molar-refractivity contribution in [2.24, 2.45) is 0 Å². The molecule has 0 aliphatic heterocycles. The van der Waals surface area contributed by atoms with Crippen LogP contribution in [0.4, 0.5) is 17.2 Å². The number of hydrogen-bond donors (Lipinski definition) is 1. The van der Waals surface area contributed by atoms with Gasteiger partial charge in [-0.15, -0.1) is 0 Å². The number of hydrogen-bond acceptors (Lipinski definition) is 5. The molecule has 1 aromatic carbocycles. The molecule has 20 heavy (non-hydrogen) atoms. The Hall–Kier alpha value is -1.73. The van der Waals surface area contributed by atoms with Gasteiger partial charge in [0, 0.05) is 10.2 Å². The summed E-state index contributed by atoms with van der Waals surface area (Å²) in [5.74, 6) is 0.0759. The smallest absolute Gasteiger partial charge is 0.334 e. The van der Waals surface area contributed by atoms with E-state index in [1.165, 1.54) is 6.33 Å². The lowest BCUT2D eigenvalue weighted by molar-refractivity contribution is -0.384. The highest BCUT2D eigenvalue weighted by Gasteiger charge is 2.22. The highest BCUT2D eigenvalue weighted by Crippen LogP contribution is 2.32. The van der Waals surface area contributed by atoms with Crippen LogP contribution in [0, 0.1) is 10.1 Å². The van der Waals surface area contributed by atoms with Gasteiger partial charge >= 0.3 is 5.69 Å². The van der Waals surface area contributed by atoms with Crippen molar-refractivity contribution >= 4 is 44.7 Å². The van der Waals surface area contributed by atoms with Gasteiger partial charge in [-0.25, -0.2) is 9.97 Å². The molecule has 0 atom stereocenters. The normalized spacial score (nSPS) is 10.3. The Morgan fingerprint density at radius 3 is 2.85 bits per heavy atom. The average Bonchev–Trinajstić information content (AvgIpc) is 2.40. The van der Waals surface area contributed by atoms with E-state index in [1.807, 2.05) is 25.1 Å². The van der Waals surface area contributed by atoms with Gasteiger partial charge < -0.3 is 5.32 Å². The van der Waals surface area contributed by atoms with Crippen LogP contribution in [0.1, 0.15) is 12.5 Å². The first-order valence-corrected chi connectivity index (χ1v) is 6.90. The van der Waals surface area contributed by atoms with Crippen molar-refractivity contribution in [1.29, 1.82) is 0 Å². The largest absolute Gasteiger partial charge is 0.348 e. The van der Waals surface area contributed by atoms with Crippen molar-refractivity contribution in [2.75, 3.05) is 5.32 Å². The van der Waals surface area contributed by atoms with Gasteiger partial charge in [0.05, 0.1) is 4.92 Å². The van der Waals surface area contributed by atoms with Crippen LogP contribution < -0.4 is 5.32 Å². The first-order valence-electron chi connectivity index (χ1n) is 5.73. The quantitative estimate of drug-likeness (QED) is 0.506. The Morgan fingerprint density at radius 1 is 1.45 bits per heavy atom. The standard InChI is InChI=1S/C12H10BrClN4O2/c1-2-7-5-8(13)3-4-9(7)17-12-10(18(19)20)11(14)15-6-16-12/h3-6H,2H2,1H3,(H,15,16,17). The lowest BCUT2D eigenvalue weighted by Gasteiger charge is -2.11. The summed E-state index contributed by atoms with van der Waals surface area (Å²) in [5, 5.41) is 13.8. The molecule has 1 N–H and O–H groups in total. The number of aryl methyl sites for hydroxylation is 1. The molecule has 0 aliphatic rings. The van der Waals surface area contributed by atoms with E-state index in [9.17, 15) is 10.1 Å². The zero-order valence-corrected chi connectivity index (χ0v) is 12.8. The van der Waals surface area contributed by atoms with Crippen molar-refractivity contribution in [3.63, 3.8) is 0 Å². The number of nitrogens with one attached hydrogen (secondary N) is 1. The van der Waals surface area contributed by atoms with Crippen molar-refractivity contribution in [3.8, 4) is 0 Å². The fourth-order valence-corrected chi connectivity index (χ4v) is 2.33. The van der Waals surface area contributed by atoms with Crippen LogP contribution in [0.15, 0.2) is 29.0 Å². The zero-order valence-electron chi connectivity index (χ0n) is 10.4. The van der Waals surface area contributed by atoms with E-state index in [0.717, 1.165) is 22.1 Å². The molecule has 0 saturated heterocycles. The summed E-state index contributed by atoms with van der Waals surface area (Å²) >= 11 is 9.14. The van der Waals surface area contributed by atoms with Gasteiger partial charge in [-0.05, 0) is 30.2 Å². The molecule has 0 unspecified atom stereocenters. The van der Waals surface area contributed by atoms with Gasteiger partial charge in [0.15, 0.2) is 0 Å². The number of nitrogens with zero attached hydrogens (tertiary/aromatic N) is 3. The first kappa shape index (κ1) is 14.7. The summed E-state index contributed by atoms with van der Waals surface area (Å²) in [6, 6.07) is 5.61. The van der Waals surface area contributed by atoms with Crippen LogP contribution in [0.2, 0.25) is 5.15 Å². The third-order valence-corrected chi connectivity index (χ3v) is 3.43. The minimum absolute atomic E-state index is 0.0759. The predicted molar refractivity (Wildman–Crippen MR) is 80.5 cm³/mol. The van der Waals surface area contributed by atoms with Gasteiger partial charge in [-0.1, -0.05) is 34.5 Å². The second-order valence-corrected chi connectivity index (χ2v) is 5.17. The van der Waals surface area contributed by atoms with Gasteiger partial charge in [0.25, 0.3) is 0 Å². The third-order valence-electron chi connectivity index (χ3n) is 2.66. The highest BCUT2D eigenvalue weighted by atomic mass is 79.9. The van der Waals surface area contributed by atoms with Crippen molar-refractivity contribution in [1.82, 2.24) is 9.97 Å². The maximum Gasteiger partial charge on any atom is 0.348 e. The van der Waals surface area contributed by atoms with Crippen LogP contribution in [0.25, 0.3) is 0 Å². The Bertz CT molecular complexity index is 666. The summed E-state index contributed by atoms with van der Waals surface area (Å²) in [7, 11) is 0. The van der Waals surface area contributed by atoms with E-state index in [0.29, 0.717) is 0 Å². The average molecular weight is 358 g/mol.